The second-order valence-electron chi connectivity index (χ2n) is 7.49. The van der Waals surface area contributed by atoms with Crippen molar-refractivity contribution in [2.24, 2.45) is 0 Å². The van der Waals surface area contributed by atoms with Crippen molar-refractivity contribution in [1.82, 2.24) is 4.98 Å². The Morgan fingerprint density at radius 2 is 1.93 bits per heavy atom. The molecule has 0 bridgehead atoms. The first-order chi connectivity index (χ1) is 14.1. The molecule has 0 aliphatic carbocycles. The highest BCUT2D eigenvalue weighted by Crippen LogP contribution is 2.34. The number of hydrogen-bond donors (Lipinski definition) is 2. The van der Waals surface area contributed by atoms with Crippen LogP contribution in [0.5, 0.6) is 5.88 Å². The Morgan fingerprint density at radius 1 is 1.10 bits per heavy atom. The predicted molar refractivity (Wildman–Crippen MR) is 114 cm³/mol. The number of pyridine rings is 1. The van der Waals surface area contributed by atoms with E-state index in [9.17, 15) is 10.2 Å². The van der Waals surface area contributed by atoms with Gasteiger partial charge in [-0.05, 0) is 35.7 Å². The van der Waals surface area contributed by atoms with Crippen molar-refractivity contribution < 1.29 is 14.9 Å². The van der Waals surface area contributed by atoms with Crippen molar-refractivity contribution in [3.8, 4) is 17.0 Å². The molecule has 5 nitrogen and oxygen atoms in total. The minimum atomic E-state index is -0.924. The average Bonchev–Trinajstić information content (AvgIpc) is 3.23. The van der Waals surface area contributed by atoms with E-state index >= 15 is 0 Å². The van der Waals surface area contributed by atoms with Crippen LogP contribution in [0, 0.1) is 6.92 Å². The number of aliphatic hydroxyl groups excluding tert-OH is 2. The van der Waals surface area contributed by atoms with Crippen molar-refractivity contribution in [2.45, 2.75) is 25.6 Å². The van der Waals surface area contributed by atoms with E-state index in [-0.39, 0.29) is 12.7 Å². The number of hydrogen-bond acceptors (Lipinski definition) is 5. The maximum absolute atomic E-state index is 10.5. The fourth-order valence-corrected chi connectivity index (χ4v) is 3.76. The molecule has 0 amide bonds. The number of aromatic nitrogens is 1. The Balaban J connectivity index is 1.55. The molecule has 2 atom stereocenters. The summed E-state index contributed by atoms with van der Waals surface area (Å²) < 4.78 is 6.04. The molecule has 0 radical (unpaired) electrons. The summed E-state index contributed by atoms with van der Waals surface area (Å²) in [5.41, 5.74) is 4.88. The molecule has 3 aromatic rings. The molecule has 4 rings (SSSR count). The molecule has 29 heavy (non-hydrogen) atoms. The monoisotopic (exact) mass is 390 g/mol. The molecule has 1 aliphatic rings. The SMILES string of the molecule is Cc1ccc(O[C@H]2CCN(c3ccc(-c4ccccc4)cc3C(O)CO)C2)nc1. The van der Waals surface area contributed by atoms with Gasteiger partial charge in [-0.25, -0.2) is 4.98 Å². The van der Waals surface area contributed by atoms with Gasteiger partial charge in [0, 0.05) is 36.5 Å². The molecule has 2 N–H and O–H groups in total. The van der Waals surface area contributed by atoms with Gasteiger partial charge in [0.1, 0.15) is 12.2 Å². The molecule has 1 aliphatic heterocycles. The Kier molecular flexibility index (Phi) is 5.79. The van der Waals surface area contributed by atoms with Gasteiger partial charge in [-0.2, -0.15) is 0 Å². The number of aryl methyl sites for hydroxylation is 1. The summed E-state index contributed by atoms with van der Waals surface area (Å²) >= 11 is 0. The molecule has 5 heteroatoms. The third kappa shape index (κ3) is 4.42. The van der Waals surface area contributed by atoms with Gasteiger partial charge in [-0.15, -0.1) is 0 Å². The number of benzene rings is 2. The van der Waals surface area contributed by atoms with Gasteiger partial charge < -0.3 is 19.8 Å². The number of anilines is 1. The van der Waals surface area contributed by atoms with Crippen LogP contribution >= 0.6 is 0 Å². The summed E-state index contributed by atoms with van der Waals surface area (Å²) in [6, 6.07) is 20.0. The zero-order valence-electron chi connectivity index (χ0n) is 16.5. The van der Waals surface area contributed by atoms with Gasteiger partial charge in [-0.3, -0.25) is 0 Å². The zero-order chi connectivity index (χ0) is 20.2. The lowest BCUT2D eigenvalue weighted by Crippen LogP contribution is -2.26. The molecule has 0 spiro atoms. The maximum atomic E-state index is 10.5. The van der Waals surface area contributed by atoms with E-state index in [1.807, 2.05) is 61.5 Å². The maximum Gasteiger partial charge on any atom is 0.213 e. The summed E-state index contributed by atoms with van der Waals surface area (Å²) in [5.74, 6) is 0.637. The Morgan fingerprint density at radius 3 is 2.66 bits per heavy atom. The lowest BCUT2D eigenvalue weighted by Gasteiger charge is -2.24. The van der Waals surface area contributed by atoms with Crippen molar-refractivity contribution in [3.63, 3.8) is 0 Å². The van der Waals surface area contributed by atoms with Gasteiger partial charge in [0.2, 0.25) is 5.88 Å². The predicted octanol–water partition coefficient (Wildman–Crippen LogP) is 3.74. The summed E-state index contributed by atoms with van der Waals surface area (Å²) in [6.45, 7) is 3.23. The number of nitrogens with zero attached hydrogens (tertiary/aromatic N) is 2. The standard InChI is InChI=1S/C24H26N2O3/c1-17-7-10-24(25-14-17)29-20-11-12-26(15-20)22-9-8-19(13-21(22)23(28)16-27)18-5-3-2-4-6-18/h2-10,13-14,20,23,27-28H,11-12,15-16H2,1H3/t20-,23?/m0/s1. The number of rotatable bonds is 6. The van der Waals surface area contributed by atoms with Crippen LogP contribution < -0.4 is 9.64 Å². The van der Waals surface area contributed by atoms with E-state index < -0.39 is 6.10 Å². The van der Waals surface area contributed by atoms with Crippen molar-refractivity contribution >= 4 is 5.69 Å². The van der Waals surface area contributed by atoms with Crippen molar-refractivity contribution in [2.75, 3.05) is 24.6 Å². The Hall–Kier alpha value is -2.89. The van der Waals surface area contributed by atoms with Crippen LogP contribution in [0.1, 0.15) is 23.7 Å². The smallest absolute Gasteiger partial charge is 0.213 e. The average molecular weight is 390 g/mol. The van der Waals surface area contributed by atoms with E-state index in [1.165, 1.54) is 0 Å². The van der Waals surface area contributed by atoms with Crippen molar-refractivity contribution in [3.05, 3.63) is 78.0 Å². The van der Waals surface area contributed by atoms with Gasteiger partial charge >= 0.3 is 0 Å². The van der Waals surface area contributed by atoms with Crippen LogP contribution in [-0.4, -0.2) is 41.0 Å². The van der Waals surface area contributed by atoms with E-state index in [2.05, 4.69) is 16.0 Å². The highest BCUT2D eigenvalue weighted by Gasteiger charge is 2.27. The minimum absolute atomic E-state index is 0.0399. The normalized spacial score (nSPS) is 17.3. The van der Waals surface area contributed by atoms with E-state index in [0.29, 0.717) is 12.4 Å². The molecule has 1 saturated heterocycles. The minimum Gasteiger partial charge on any atom is -0.472 e. The van der Waals surface area contributed by atoms with Gasteiger partial charge in [0.15, 0.2) is 0 Å². The first kappa shape index (κ1) is 19.4. The van der Waals surface area contributed by atoms with Crippen LogP contribution in [0.4, 0.5) is 5.69 Å². The molecule has 2 heterocycles. The third-order valence-electron chi connectivity index (χ3n) is 5.32. The summed E-state index contributed by atoms with van der Waals surface area (Å²) in [6.07, 6.45) is 1.80. The van der Waals surface area contributed by atoms with Crippen LogP contribution in [0.15, 0.2) is 66.9 Å². The topological polar surface area (TPSA) is 65.8 Å². The lowest BCUT2D eigenvalue weighted by atomic mass is 9.98. The third-order valence-corrected chi connectivity index (χ3v) is 5.32. The van der Waals surface area contributed by atoms with E-state index in [4.69, 9.17) is 4.74 Å². The molecule has 150 valence electrons. The van der Waals surface area contributed by atoms with Crippen LogP contribution in [0.25, 0.3) is 11.1 Å². The molecule has 2 aromatic carbocycles. The fraction of sp³-hybridized carbons (Fsp3) is 0.292. The summed E-state index contributed by atoms with van der Waals surface area (Å²) in [5, 5.41) is 20.0. The van der Waals surface area contributed by atoms with Gasteiger partial charge in [0.25, 0.3) is 0 Å². The number of aliphatic hydroxyl groups is 2. The Bertz CT molecular complexity index is 944. The Labute approximate surface area is 171 Å². The van der Waals surface area contributed by atoms with Crippen LogP contribution in [-0.2, 0) is 0 Å². The first-order valence-corrected chi connectivity index (χ1v) is 9.96. The molecular formula is C24H26N2O3. The quantitative estimate of drug-likeness (QED) is 0.671. The first-order valence-electron chi connectivity index (χ1n) is 9.96. The van der Waals surface area contributed by atoms with Crippen LogP contribution in [0.2, 0.25) is 0 Å². The fourth-order valence-electron chi connectivity index (χ4n) is 3.76. The second kappa shape index (κ2) is 8.64. The second-order valence-corrected chi connectivity index (χ2v) is 7.49. The van der Waals surface area contributed by atoms with E-state index in [1.54, 1.807) is 6.20 Å². The molecular weight excluding hydrogens is 364 g/mol. The van der Waals surface area contributed by atoms with Crippen LogP contribution in [0.3, 0.4) is 0 Å². The zero-order valence-corrected chi connectivity index (χ0v) is 16.5. The summed E-state index contributed by atoms with van der Waals surface area (Å²) in [7, 11) is 0. The lowest BCUT2D eigenvalue weighted by molar-refractivity contribution is 0.0959. The largest absolute Gasteiger partial charge is 0.472 e. The number of ether oxygens (including phenoxy) is 1. The molecule has 1 unspecified atom stereocenters. The van der Waals surface area contributed by atoms with Gasteiger partial charge in [0.05, 0.1) is 13.2 Å². The van der Waals surface area contributed by atoms with Crippen molar-refractivity contribution in [1.29, 1.82) is 0 Å². The molecule has 0 saturated carbocycles. The van der Waals surface area contributed by atoms with E-state index in [0.717, 1.165) is 40.9 Å². The highest BCUT2D eigenvalue weighted by atomic mass is 16.5. The summed E-state index contributed by atoms with van der Waals surface area (Å²) in [4.78, 5) is 6.54. The highest BCUT2D eigenvalue weighted by molar-refractivity contribution is 5.69. The molecule has 1 fully saturated rings. The molecule has 1 aromatic heterocycles. The van der Waals surface area contributed by atoms with Gasteiger partial charge in [-0.1, -0.05) is 42.5 Å².